The summed E-state index contributed by atoms with van der Waals surface area (Å²) in [6, 6.07) is 6.30. The minimum atomic E-state index is -0.189. The monoisotopic (exact) mass is 357 g/mol. The molecule has 1 fully saturated rings. The number of nitrogens with one attached hydrogen (secondary N) is 1. The number of hydrogen-bond donors (Lipinski definition) is 1. The normalized spacial score (nSPS) is 14.6. The van der Waals surface area contributed by atoms with Crippen LogP contribution in [0.4, 0.5) is 0 Å². The van der Waals surface area contributed by atoms with E-state index in [1.54, 1.807) is 17.0 Å². The number of amides is 1. The molecular formula is C19H23N3O2S. The highest BCUT2D eigenvalue weighted by molar-refractivity contribution is 7.99. The summed E-state index contributed by atoms with van der Waals surface area (Å²) in [5, 5.41) is 3.38. The summed E-state index contributed by atoms with van der Waals surface area (Å²) >= 11 is 1.20. The van der Waals surface area contributed by atoms with Crippen LogP contribution in [0.25, 0.3) is 5.69 Å². The van der Waals surface area contributed by atoms with Crippen LogP contribution in [0.2, 0.25) is 0 Å². The fraction of sp³-hybridized carbons (Fsp3) is 0.421. The third kappa shape index (κ3) is 4.51. The number of carbonyl (C=O) groups excluding carboxylic acids is 1. The second kappa shape index (κ2) is 7.87. The van der Waals surface area contributed by atoms with E-state index in [1.165, 1.54) is 24.6 Å². The minimum absolute atomic E-state index is 0.0279. The summed E-state index contributed by atoms with van der Waals surface area (Å²) < 4.78 is 1.59. The molecule has 0 radical (unpaired) electrons. The zero-order valence-electron chi connectivity index (χ0n) is 14.6. The van der Waals surface area contributed by atoms with Crippen LogP contribution in [0.1, 0.15) is 36.8 Å². The standard InChI is InChI=1S/C19H23N3O2S/c1-13-9-14(2)11-16(10-13)22-8-7-20-18(19(22)24)25-12-17(23)21-15-5-3-4-6-15/h7-11,15H,3-6,12H2,1-2H3,(H,21,23). The van der Waals surface area contributed by atoms with Gasteiger partial charge in [-0.05, 0) is 49.9 Å². The molecule has 1 aromatic carbocycles. The number of hydrogen-bond acceptors (Lipinski definition) is 4. The Labute approximate surface area is 151 Å². The number of aryl methyl sites for hydroxylation is 2. The van der Waals surface area contributed by atoms with Crippen LogP contribution in [0.5, 0.6) is 0 Å². The highest BCUT2D eigenvalue weighted by Crippen LogP contribution is 2.18. The van der Waals surface area contributed by atoms with Crippen LogP contribution in [-0.2, 0) is 4.79 Å². The van der Waals surface area contributed by atoms with Gasteiger partial charge in [-0.1, -0.05) is 30.7 Å². The molecule has 1 heterocycles. The highest BCUT2D eigenvalue weighted by atomic mass is 32.2. The van der Waals surface area contributed by atoms with Crippen molar-refractivity contribution >= 4 is 17.7 Å². The molecule has 6 heteroatoms. The molecule has 132 valence electrons. The first-order chi connectivity index (χ1) is 12.0. The molecular weight excluding hydrogens is 334 g/mol. The molecule has 5 nitrogen and oxygen atoms in total. The van der Waals surface area contributed by atoms with Gasteiger partial charge in [-0.3, -0.25) is 14.2 Å². The van der Waals surface area contributed by atoms with Crippen molar-refractivity contribution in [2.45, 2.75) is 50.6 Å². The molecule has 1 saturated carbocycles. The van der Waals surface area contributed by atoms with Crippen LogP contribution < -0.4 is 10.9 Å². The van der Waals surface area contributed by atoms with Crippen molar-refractivity contribution in [1.82, 2.24) is 14.9 Å². The van der Waals surface area contributed by atoms with Crippen LogP contribution in [0.3, 0.4) is 0 Å². The molecule has 0 aliphatic heterocycles. The Morgan fingerprint density at radius 2 is 1.92 bits per heavy atom. The van der Waals surface area contributed by atoms with Crippen molar-refractivity contribution in [3.63, 3.8) is 0 Å². The molecule has 0 atom stereocenters. The Kier molecular flexibility index (Phi) is 5.58. The third-order valence-electron chi connectivity index (χ3n) is 4.35. The summed E-state index contributed by atoms with van der Waals surface area (Å²) in [4.78, 5) is 28.9. The molecule has 0 unspecified atom stereocenters. The van der Waals surface area contributed by atoms with Gasteiger partial charge in [0.05, 0.1) is 5.75 Å². The van der Waals surface area contributed by atoms with Gasteiger partial charge in [-0.15, -0.1) is 0 Å². The van der Waals surface area contributed by atoms with E-state index in [2.05, 4.69) is 16.4 Å². The Morgan fingerprint density at radius 3 is 2.60 bits per heavy atom. The molecule has 0 spiro atoms. The molecule has 3 rings (SSSR count). The van der Waals surface area contributed by atoms with Gasteiger partial charge in [-0.25, -0.2) is 4.98 Å². The van der Waals surface area contributed by atoms with Crippen molar-refractivity contribution in [2.75, 3.05) is 5.75 Å². The Morgan fingerprint density at radius 1 is 1.24 bits per heavy atom. The van der Waals surface area contributed by atoms with E-state index in [1.807, 2.05) is 26.0 Å². The van der Waals surface area contributed by atoms with Crippen molar-refractivity contribution < 1.29 is 4.79 Å². The quantitative estimate of drug-likeness (QED) is 0.836. The lowest BCUT2D eigenvalue weighted by Gasteiger charge is -2.12. The molecule has 0 saturated heterocycles. The van der Waals surface area contributed by atoms with Gasteiger partial charge in [0.25, 0.3) is 5.56 Å². The molecule has 0 bridgehead atoms. The fourth-order valence-corrected chi connectivity index (χ4v) is 3.97. The third-order valence-corrected chi connectivity index (χ3v) is 5.31. The van der Waals surface area contributed by atoms with Crippen LogP contribution in [0, 0.1) is 13.8 Å². The molecule has 1 aliphatic rings. The van der Waals surface area contributed by atoms with Gasteiger partial charge >= 0.3 is 0 Å². The van der Waals surface area contributed by atoms with Gasteiger partial charge < -0.3 is 5.32 Å². The summed E-state index contributed by atoms with van der Waals surface area (Å²) in [5.41, 5.74) is 2.83. The maximum absolute atomic E-state index is 12.7. The summed E-state index contributed by atoms with van der Waals surface area (Å²) in [6.07, 6.45) is 7.74. The molecule has 25 heavy (non-hydrogen) atoms. The number of benzene rings is 1. The van der Waals surface area contributed by atoms with E-state index < -0.39 is 0 Å². The van der Waals surface area contributed by atoms with E-state index in [0.29, 0.717) is 11.1 Å². The molecule has 2 aromatic rings. The zero-order valence-corrected chi connectivity index (χ0v) is 15.4. The fourth-order valence-electron chi connectivity index (χ4n) is 3.26. The van der Waals surface area contributed by atoms with E-state index in [-0.39, 0.29) is 17.2 Å². The summed E-state index contributed by atoms with van der Waals surface area (Å²) in [6.45, 7) is 4.01. The van der Waals surface area contributed by atoms with E-state index in [9.17, 15) is 9.59 Å². The van der Waals surface area contributed by atoms with Gasteiger partial charge in [0.2, 0.25) is 5.91 Å². The molecule has 1 amide bonds. The van der Waals surface area contributed by atoms with Crippen LogP contribution in [0.15, 0.2) is 40.4 Å². The Hall–Kier alpha value is -2.08. The molecule has 1 aliphatic carbocycles. The zero-order chi connectivity index (χ0) is 17.8. The lowest BCUT2D eigenvalue weighted by atomic mass is 10.1. The minimum Gasteiger partial charge on any atom is -0.353 e. The number of carbonyl (C=O) groups is 1. The van der Waals surface area contributed by atoms with Gasteiger partial charge in [0, 0.05) is 24.1 Å². The van der Waals surface area contributed by atoms with E-state index >= 15 is 0 Å². The summed E-state index contributed by atoms with van der Waals surface area (Å²) in [7, 11) is 0. The summed E-state index contributed by atoms with van der Waals surface area (Å²) in [5.74, 6) is 0.190. The maximum atomic E-state index is 12.7. The molecule has 1 N–H and O–H groups in total. The van der Waals surface area contributed by atoms with Gasteiger partial charge in [0.1, 0.15) is 0 Å². The first-order valence-electron chi connectivity index (χ1n) is 8.61. The Balaban J connectivity index is 1.72. The predicted molar refractivity (Wildman–Crippen MR) is 100 cm³/mol. The SMILES string of the molecule is Cc1cc(C)cc(-n2ccnc(SCC(=O)NC3CCCC3)c2=O)c1. The lowest BCUT2D eigenvalue weighted by Crippen LogP contribution is -2.34. The second-order valence-corrected chi connectivity index (χ2v) is 7.56. The van der Waals surface area contributed by atoms with Crippen molar-refractivity contribution in [2.24, 2.45) is 0 Å². The first kappa shape index (κ1) is 17.7. The van der Waals surface area contributed by atoms with Crippen molar-refractivity contribution in [1.29, 1.82) is 0 Å². The average molecular weight is 357 g/mol. The smallest absolute Gasteiger partial charge is 0.287 e. The second-order valence-electron chi connectivity index (χ2n) is 6.59. The van der Waals surface area contributed by atoms with Gasteiger partial charge in [0.15, 0.2) is 5.03 Å². The largest absolute Gasteiger partial charge is 0.353 e. The van der Waals surface area contributed by atoms with Crippen LogP contribution >= 0.6 is 11.8 Å². The van der Waals surface area contributed by atoms with Crippen molar-refractivity contribution in [3.8, 4) is 5.69 Å². The van der Waals surface area contributed by atoms with E-state index in [4.69, 9.17) is 0 Å². The number of rotatable bonds is 5. The van der Waals surface area contributed by atoms with Crippen molar-refractivity contribution in [3.05, 3.63) is 52.1 Å². The lowest BCUT2D eigenvalue weighted by molar-refractivity contribution is -0.119. The van der Waals surface area contributed by atoms with Crippen LogP contribution in [-0.4, -0.2) is 27.3 Å². The topological polar surface area (TPSA) is 64.0 Å². The number of thioether (sulfide) groups is 1. The number of nitrogens with zero attached hydrogens (tertiary/aromatic N) is 2. The van der Waals surface area contributed by atoms with E-state index in [0.717, 1.165) is 29.7 Å². The molecule has 1 aromatic heterocycles. The van der Waals surface area contributed by atoms with Gasteiger partial charge in [-0.2, -0.15) is 0 Å². The number of aromatic nitrogens is 2. The average Bonchev–Trinajstić information content (AvgIpc) is 3.06. The first-order valence-corrected chi connectivity index (χ1v) is 9.60. The highest BCUT2D eigenvalue weighted by Gasteiger charge is 2.17. The maximum Gasteiger partial charge on any atom is 0.287 e. The Bertz CT molecular complexity index is 805. The predicted octanol–water partition coefficient (Wildman–Crippen LogP) is 3.00.